The first-order valence-electron chi connectivity index (χ1n) is 12.2. The third-order valence-electron chi connectivity index (χ3n) is 5.84. The van der Waals surface area contributed by atoms with E-state index in [-0.39, 0.29) is 23.5 Å². The Balaban J connectivity index is 1.89. The number of carbonyl (C=O) groups is 2. The van der Waals surface area contributed by atoms with Gasteiger partial charge >= 0.3 is 0 Å². The fourth-order valence-electron chi connectivity index (χ4n) is 4.39. The molecule has 1 amide bonds. The summed E-state index contributed by atoms with van der Waals surface area (Å²) in [5.74, 6) is -0.141. The summed E-state index contributed by atoms with van der Waals surface area (Å²) < 4.78 is 17.1. The molecule has 192 valence electrons. The second-order valence-corrected chi connectivity index (χ2v) is 9.27. The standard InChI is InChI=1S/C30H31NO6/c1-18(2)36-22-15-13-21(14-16-22)31-27(24-11-6-7-12-25(24)35-5)26(29(33)30(31)34)28(32)20-9-8-10-23(17-20)37-19(3)4/h6-19,27,32H,1-5H3/b28-26+. The van der Waals surface area contributed by atoms with Gasteiger partial charge in [-0.05, 0) is 70.2 Å². The summed E-state index contributed by atoms with van der Waals surface area (Å²) >= 11 is 0. The van der Waals surface area contributed by atoms with Gasteiger partial charge in [-0.15, -0.1) is 0 Å². The maximum absolute atomic E-state index is 13.5. The third kappa shape index (κ3) is 5.31. The van der Waals surface area contributed by atoms with E-state index < -0.39 is 17.7 Å². The Morgan fingerprint density at radius 1 is 0.838 bits per heavy atom. The van der Waals surface area contributed by atoms with Crippen LogP contribution in [0.2, 0.25) is 0 Å². The molecule has 1 fully saturated rings. The van der Waals surface area contributed by atoms with Gasteiger partial charge in [0, 0.05) is 16.8 Å². The van der Waals surface area contributed by atoms with Gasteiger partial charge in [0.05, 0.1) is 30.9 Å². The van der Waals surface area contributed by atoms with Crippen LogP contribution in [0.5, 0.6) is 17.2 Å². The Hall–Kier alpha value is -4.26. The molecule has 3 aromatic carbocycles. The van der Waals surface area contributed by atoms with Crippen molar-refractivity contribution in [2.24, 2.45) is 0 Å². The minimum Gasteiger partial charge on any atom is -0.507 e. The van der Waals surface area contributed by atoms with Crippen LogP contribution in [-0.2, 0) is 9.59 Å². The molecule has 0 radical (unpaired) electrons. The molecule has 7 heteroatoms. The largest absolute Gasteiger partial charge is 0.507 e. The van der Waals surface area contributed by atoms with Gasteiger partial charge in [-0.3, -0.25) is 14.5 Å². The van der Waals surface area contributed by atoms with Crippen molar-refractivity contribution in [2.75, 3.05) is 12.0 Å². The zero-order valence-corrected chi connectivity index (χ0v) is 21.6. The van der Waals surface area contributed by atoms with Crippen molar-refractivity contribution in [3.05, 3.63) is 89.5 Å². The molecule has 1 saturated heterocycles. The van der Waals surface area contributed by atoms with E-state index in [1.807, 2.05) is 27.7 Å². The number of rotatable bonds is 8. The van der Waals surface area contributed by atoms with Crippen LogP contribution < -0.4 is 19.1 Å². The number of amides is 1. The highest BCUT2D eigenvalue weighted by Gasteiger charge is 2.48. The minimum atomic E-state index is -0.914. The van der Waals surface area contributed by atoms with Gasteiger partial charge in [0.1, 0.15) is 23.0 Å². The average Bonchev–Trinajstić information content (AvgIpc) is 3.13. The zero-order chi connectivity index (χ0) is 26.7. The van der Waals surface area contributed by atoms with Crippen LogP contribution in [0.3, 0.4) is 0 Å². The van der Waals surface area contributed by atoms with Crippen LogP contribution in [0.1, 0.15) is 44.9 Å². The van der Waals surface area contributed by atoms with Crippen molar-refractivity contribution in [2.45, 2.75) is 45.9 Å². The summed E-state index contributed by atoms with van der Waals surface area (Å²) in [5.41, 5.74) is 1.41. The zero-order valence-electron chi connectivity index (χ0n) is 21.6. The van der Waals surface area contributed by atoms with Crippen molar-refractivity contribution in [3.8, 4) is 17.2 Å². The smallest absolute Gasteiger partial charge is 0.300 e. The van der Waals surface area contributed by atoms with Crippen LogP contribution in [0.4, 0.5) is 5.69 Å². The summed E-state index contributed by atoms with van der Waals surface area (Å²) in [6, 6.07) is 20.0. The SMILES string of the molecule is COc1ccccc1C1/C(=C(\O)c2cccc(OC(C)C)c2)C(=O)C(=O)N1c1ccc(OC(C)C)cc1. The van der Waals surface area contributed by atoms with Crippen LogP contribution >= 0.6 is 0 Å². The quantitative estimate of drug-likeness (QED) is 0.235. The number of aliphatic hydroxyl groups excluding tert-OH is 1. The van der Waals surface area contributed by atoms with Gasteiger partial charge < -0.3 is 19.3 Å². The predicted octanol–water partition coefficient (Wildman–Crippen LogP) is 5.90. The van der Waals surface area contributed by atoms with Crippen LogP contribution in [0.25, 0.3) is 5.76 Å². The first-order chi connectivity index (χ1) is 17.7. The fourth-order valence-corrected chi connectivity index (χ4v) is 4.39. The van der Waals surface area contributed by atoms with E-state index >= 15 is 0 Å². The second-order valence-electron chi connectivity index (χ2n) is 9.27. The second kappa shape index (κ2) is 10.8. The summed E-state index contributed by atoms with van der Waals surface area (Å²) in [6.07, 6.45) is -0.0803. The lowest BCUT2D eigenvalue weighted by Crippen LogP contribution is -2.29. The third-order valence-corrected chi connectivity index (χ3v) is 5.84. The Kier molecular flexibility index (Phi) is 7.53. The number of hydrogen-bond acceptors (Lipinski definition) is 6. The van der Waals surface area contributed by atoms with E-state index in [9.17, 15) is 14.7 Å². The molecule has 0 aliphatic carbocycles. The minimum absolute atomic E-state index is 0.0101. The molecule has 0 bridgehead atoms. The number of Topliss-reactive ketones (excluding diaryl/α,β-unsaturated/α-hetero) is 1. The Bertz CT molecular complexity index is 1330. The topological polar surface area (TPSA) is 85.3 Å². The van der Waals surface area contributed by atoms with Crippen molar-refractivity contribution in [3.63, 3.8) is 0 Å². The van der Waals surface area contributed by atoms with Gasteiger partial charge in [-0.2, -0.15) is 0 Å². The molecule has 37 heavy (non-hydrogen) atoms. The van der Waals surface area contributed by atoms with Crippen molar-refractivity contribution in [1.82, 2.24) is 0 Å². The van der Waals surface area contributed by atoms with E-state index in [1.54, 1.807) is 72.8 Å². The van der Waals surface area contributed by atoms with E-state index in [2.05, 4.69) is 0 Å². The number of nitrogens with zero attached hydrogens (tertiary/aromatic N) is 1. The average molecular weight is 502 g/mol. The van der Waals surface area contributed by atoms with Crippen LogP contribution in [0.15, 0.2) is 78.4 Å². The molecule has 1 N–H and O–H groups in total. The first-order valence-corrected chi connectivity index (χ1v) is 12.2. The van der Waals surface area contributed by atoms with Gasteiger partial charge in [0.15, 0.2) is 0 Å². The number of ether oxygens (including phenoxy) is 3. The van der Waals surface area contributed by atoms with E-state index in [4.69, 9.17) is 14.2 Å². The number of methoxy groups -OCH3 is 1. The molecule has 0 aromatic heterocycles. The Labute approximate surface area is 216 Å². The van der Waals surface area contributed by atoms with Crippen molar-refractivity contribution >= 4 is 23.1 Å². The number of ketones is 1. The lowest BCUT2D eigenvalue weighted by molar-refractivity contribution is -0.132. The van der Waals surface area contributed by atoms with E-state index in [1.165, 1.54) is 12.0 Å². The Morgan fingerprint density at radius 2 is 1.49 bits per heavy atom. The van der Waals surface area contributed by atoms with Gasteiger partial charge in [0.2, 0.25) is 0 Å². The number of anilines is 1. The van der Waals surface area contributed by atoms with E-state index in [0.29, 0.717) is 34.1 Å². The summed E-state index contributed by atoms with van der Waals surface area (Å²) in [5, 5.41) is 11.4. The normalized spacial score (nSPS) is 16.9. The number of benzene rings is 3. The van der Waals surface area contributed by atoms with Gasteiger partial charge in [-0.1, -0.05) is 30.3 Å². The van der Waals surface area contributed by atoms with Crippen molar-refractivity contribution < 1.29 is 28.9 Å². The molecule has 7 nitrogen and oxygen atoms in total. The number of aliphatic hydroxyl groups is 1. The molecule has 1 atom stereocenters. The molecular weight excluding hydrogens is 470 g/mol. The fraction of sp³-hybridized carbons (Fsp3) is 0.267. The van der Waals surface area contributed by atoms with Gasteiger partial charge in [-0.25, -0.2) is 0 Å². The maximum Gasteiger partial charge on any atom is 0.300 e. The Morgan fingerprint density at radius 3 is 2.14 bits per heavy atom. The molecule has 0 spiro atoms. The maximum atomic E-state index is 13.5. The first kappa shape index (κ1) is 25.8. The molecular formula is C30H31NO6. The lowest BCUT2D eigenvalue weighted by Gasteiger charge is -2.27. The molecule has 3 aromatic rings. The molecule has 1 aliphatic rings. The van der Waals surface area contributed by atoms with Gasteiger partial charge in [0.25, 0.3) is 11.7 Å². The summed E-state index contributed by atoms with van der Waals surface area (Å²) in [7, 11) is 1.52. The predicted molar refractivity (Wildman–Crippen MR) is 142 cm³/mol. The molecule has 4 rings (SSSR count). The summed E-state index contributed by atoms with van der Waals surface area (Å²) in [4.78, 5) is 28.3. The monoisotopic (exact) mass is 501 g/mol. The number of hydrogen-bond donors (Lipinski definition) is 1. The van der Waals surface area contributed by atoms with E-state index in [0.717, 1.165) is 0 Å². The number of para-hydroxylation sites is 1. The number of carbonyl (C=O) groups excluding carboxylic acids is 2. The molecule has 1 aliphatic heterocycles. The van der Waals surface area contributed by atoms with Crippen LogP contribution in [-0.4, -0.2) is 36.1 Å². The highest BCUT2D eigenvalue weighted by Crippen LogP contribution is 2.45. The van der Waals surface area contributed by atoms with Crippen LogP contribution in [0, 0.1) is 0 Å². The lowest BCUT2D eigenvalue weighted by atomic mass is 9.94. The highest BCUT2D eigenvalue weighted by atomic mass is 16.5. The molecule has 0 saturated carbocycles. The summed E-state index contributed by atoms with van der Waals surface area (Å²) in [6.45, 7) is 7.65. The van der Waals surface area contributed by atoms with Crippen molar-refractivity contribution in [1.29, 1.82) is 0 Å². The highest BCUT2D eigenvalue weighted by molar-refractivity contribution is 6.51. The molecule has 1 heterocycles. The molecule has 1 unspecified atom stereocenters.